The molecule has 24 nitrogen and oxygen atoms in total. The lowest BCUT2D eigenvalue weighted by atomic mass is 9.91. The summed E-state index contributed by atoms with van der Waals surface area (Å²) in [6.45, 7) is 21.5. The number of aliphatic carboxylic acids is 1. The van der Waals surface area contributed by atoms with Crippen molar-refractivity contribution < 1.29 is 68.6 Å². The second kappa shape index (κ2) is 44.3. The molecule has 0 saturated carbocycles. The molecule has 0 radical (unpaired) electrons. The van der Waals surface area contributed by atoms with Crippen molar-refractivity contribution in [2.24, 2.45) is 23.5 Å². The fourth-order valence-electron chi connectivity index (χ4n) is 16.6. The first-order chi connectivity index (χ1) is 53.5. The lowest BCUT2D eigenvalue weighted by Gasteiger charge is -2.40. The van der Waals surface area contributed by atoms with Gasteiger partial charge < -0.3 is 35.0 Å². The van der Waals surface area contributed by atoms with Crippen LogP contribution >= 0.6 is 51.2 Å². The molecule has 6 aromatic rings. The van der Waals surface area contributed by atoms with Crippen molar-refractivity contribution in [3.05, 3.63) is 174 Å². The number of β-lactam (4-membered cyclic amide) rings is 3. The molecule has 12 rings (SSSR count). The number of nitrogens with zero attached hydrogens (tertiary/aromatic N) is 6. The van der Waals surface area contributed by atoms with Gasteiger partial charge in [0.2, 0.25) is 37.8 Å². The number of esters is 2. The van der Waals surface area contributed by atoms with E-state index in [1.807, 2.05) is 32.9 Å². The van der Waals surface area contributed by atoms with E-state index in [9.17, 15) is 59.1 Å². The van der Waals surface area contributed by atoms with Gasteiger partial charge in [0.05, 0.1) is 45.7 Å². The first-order valence-electron chi connectivity index (χ1n) is 39.9. The van der Waals surface area contributed by atoms with Crippen molar-refractivity contribution in [3.8, 4) is 0 Å². The molecule has 6 atom stereocenters. The maximum absolute atomic E-state index is 13.3. The Hall–Kier alpha value is -7.00. The number of halogens is 1. The third-order valence-corrected chi connectivity index (χ3v) is 27.0. The van der Waals surface area contributed by atoms with Crippen LogP contribution in [0.15, 0.2) is 87.5 Å². The summed E-state index contributed by atoms with van der Waals surface area (Å²) in [6, 6.07) is 20.3. The number of carboxylic acid groups (broad SMARTS) is 1. The fourth-order valence-corrected chi connectivity index (χ4v) is 21.4. The van der Waals surface area contributed by atoms with Crippen LogP contribution in [0.2, 0.25) is 0 Å². The number of hydrogen-bond acceptors (Lipinski definition) is 18. The van der Waals surface area contributed by atoms with Gasteiger partial charge in [0.25, 0.3) is 9.05 Å². The van der Waals surface area contributed by atoms with E-state index in [1.165, 1.54) is 77.2 Å². The Bertz CT molecular complexity index is 4770. The van der Waals surface area contributed by atoms with Crippen LogP contribution in [0.5, 0.6) is 0 Å². The first-order valence-corrected chi connectivity index (χ1v) is 45.2. The van der Waals surface area contributed by atoms with Crippen LogP contribution < -0.4 is 15.2 Å². The number of nitrogens with one attached hydrogen (secondary N) is 2. The molecule has 6 aliphatic rings. The van der Waals surface area contributed by atoms with Crippen molar-refractivity contribution in [2.45, 2.75) is 244 Å². The van der Waals surface area contributed by atoms with E-state index in [1.54, 1.807) is 89.5 Å². The number of rotatable bonds is 30. The van der Waals surface area contributed by atoms with E-state index < -0.39 is 65.1 Å². The highest BCUT2D eigenvalue weighted by atomic mass is 35.7. The molecule has 638 valence electrons. The zero-order valence-electron chi connectivity index (χ0n) is 68.9. The molecule has 0 bridgehead atoms. The maximum Gasteiger partial charge on any atom is 0.326 e. The number of carbonyl (C=O) groups excluding carboxylic acids is 5. The minimum atomic E-state index is -4.07. The van der Waals surface area contributed by atoms with Gasteiger partial charge in [-0.1, -0.05) is 71.3 Å². The number of ether oxygens (including phenoxy) is 2. The Balaban J connectivity index is 0.000000251. The van der Waals surface area contributed by atoms with Gasteiger partial charge in [0.15, 0.2) is 0 Å². The zero-order chi connectivity index (χ0) is 82.2. The van der Waals surface area contributed by atoms with Gasteiger partial charge in [-0.15, -0.1) is 0 Å². The molecule has 3 aliphatic carbocycles. The molecular formula is C85H120ClN9O15S6. The number of nitrogens with two attached hydrogens (primary N) is 1. The lowest BCUT2D eigenvalue weighted by molar-refractivity contribution is -0.153. The van der Waals surface area contributed by atoms with Crippen LogP contribution in [0.1, 0.15) is 192 Å². The number of amides is 3. The number of aryl methyl sites for hydroxylation is 18. The predicted molar refractivity (Wildman–Crippen MR) is 465 cm³/mol. The van der Waals surface area contributed by atoms with E-state index in [-0.39, 0.29) is 117 Å². The summed E-state index contributed by atoms with van der Waals surface area (Å²) in [7, 11) is -6.39. The molecule has 3 fully saturated rings. The van der Waals surface area contributed by atoms with Crippen LogP contribution in [-0.2, 0) is 125 Å². The number of carbonyl (C=O) groups is 6. The van der Waals surface area contributed by atoms with E-state index >= 15 is 0 Å². The average Bonchev–Trinajstić information content (AvgIpc) is 0.795. The van der Waals surface area contributed by atoms with E-state index in [0.29, 0.717) is 66.0 Å². The molecule has 3 aromatic carbocycles. The molecule has 3 amide bonds. The number of likely N-dealkylation sites (tertiary alicyclic amines) is 3. The third kappa shape index (κ3) is 26.5. The largest absolute Gasteiger partial charge is 0.480 e. The van der Waals surface area contributed by atoms with Crippen molar-refractivity contribution >= 4 is 116 Å². The van der Waals surface area contributed by atoms with E-state index in [2.05, 4.69) is 45.8 Å². The van der Waals surface area contributed by atoms with Crippen LogP contribution in [0.4, 0.5) is 0 Å². The zero-order valence-corrected chi connectivity index (χ0v) is 75.1. The number of sulfonamides is 2. The molecule has 3 aromatic heterocycles. The van der Waals surface area contributed by atoms with E-state index in [0.717, 1.165) is 124 Å². The molecule has 5 N–H and O–H groups in total. The van der Waals surface area contributed by atoms with Gasteiger partial charge in [0, 0.05) is 84.1 Å². The smallest absolute Gasteiger partial charge is 0.326 e. The van der Waals surface area contributed by atoms with Gasteiger partial charge in [-0.25, -0.2) is 25.3 Å². The van der Waals surface area contributed by atoms with Gasteiger partial charge >= 0.3 is 17.9 Å². The minimum absolute atomic E-state index is 0. The van der Waals surface area contributed by atoms with Crippen molar-refractivity contribution in [1.29, 1.82) is 0 Å². The highest BCUT2D eigenvalue weighted by Gasteiger charge is 2.43. The molecule has 3 saturated heterocycles. The second-order valence-corrected chi connectivity index (χ2v) is 37.1. The Labute approximate surface area is 712 Å². The molecule has 116 heavy (non-hydrogen) atoms. The monoisotopic (exact) mass is 1730 g/mol. The number of hydrogen-bond donors (Lipinski definition) is 4. The number of fused-ring (bicyclic) bond motifs is 3. The topological polar surface area (TPSA) is 342 Å². The fraction of sp³-hybridized carbons (Fsp3) is 0.541. The Kier molecular flexibility index (Phi) is 37.4. The molecule has 6 heterocycles. The van der Waals surface area contributed by atoms with E-state index in [4.69, 9.17) is 40.8 Å². The molecular weight excluding hydrogens is 1610 g/mol. The van der Waals surface area contributed by atoms with Crippen LogP contribution in [0.25, 0.3) is 0 Å². The highest BCUT2D eigenvalue weighted by Crippen LogP contribution is 2.32. The first kappa shape index (κ1) is 97.8. The van der Waals surface area contributed by atoms with Crippen LogP contribution in [0, 0.1) is 80.1 Å². The van der Waals surface area contributed by atoms with Crippen molar-refractivity contribution in [2.75, 3.05) is 52.5 Å². The lowest BCUT2D eigenvalue weighted by Crippen LogP contribution is -2.59. The summed E-state index contributed by atoms with van der Waals surface area (Å²) < 4.78 is 89.7. The second-order valence-electron chi connectivity index (χ2n) is 31.3. The normalized spacial score (nSPS) is 17.5. The summed E-state index contributed by atoms with van der Waals surface area (Å²) in [5, 5.41) is 9.67. The molecule has 0 spiro atoms. The Morgan fingerprint density at radius 1 is 0.466 bits per heavy atom. The number of benzene rings is 3. The summed E-state index contributed by atoms with van der Waals surface area (Å²) >= 11 is 0. The Morgan fingerprint density at radius 2 is 0.759 bits per heavy atom. The minimum Gasteiger partial charge on any atom is -0.480 e. The highest BCUT2D eigenvalue weighted by molar-refractivity contribution is 8.13. The van der Waals surface area contributed by atoms with Gasteiger partial charge in [0.1, 0.15) is 18.1 Å². The molecule has 31 heteroatoms. The van der Waals surface area contributed by atoms with Crippen molar-refractivity contribution in [1.82, 2.24) is 39.1 Å². The third-order valence-electron chi connectivity index (χ3n) is 21.8. The van der Waals surface area contributed by atoms with Gasteiger partial charge in [-0.05, 0) is 279 Å². The van der Waals surface area contributed by atoms with Crippen LogP contribution in [-0.4, -0.2) is 166 Å². The number of carboxylic acids is 1. The SMILES string of the molecule is CCOC(=O)[C@@H](N)CN1CC(CCCc2ccc3c(n2)CCCC3)C1=O.CCOC(=O)[C@H](CN1CC(CCCc2ccc3c(n2)CCCC3)C1=O)NS(=O)(=O)c1c(C)cc(C)cc1C.Cc1cc(C)c(S(=O)(=O)Cl)c(C)c1.Cc1cc(C)c(S(=O)(=O)N[C@@H](CN2CC(CCCc3ccc4c(n3)CCCC4)C2=O)C(=O)O)c(C)c1.S.S.S. The molecule has 3 unspecified atom stereocenters. The van der Waals surface area contributed by atoms with Gasteiger partial charge in [-0.2, -0.15) is 49.9 Å². The standard InChI is InChI=1S/C29H39N3O5S.C27H35N3O5S.C20H29N3O3.C9H11ClO2S.3H2S/c1-5-37-29(34)26(31-38(35,36)27-20(3)15-19(2)16-21(27)4)18-32-17-23(28(32)33)10-8-11-24-14-13-22-9-6-7-12-25(22)30-24;1-17-13-18(2)25(19(3)14-17)36(34,35)29-24(27(32)33)16-30-15-21(26(30)31)8-6-9-22-12-11-20-7-4-5-10-23(20)28-22;1-2-26-20(25)17(21)13-23-12-15(19(23)24)7-5-8-16-11-10-14-6-3-4-9-18(14)22-16;1-6-4-7(2)9(8(3)5-6)13(10,11)12;;;/h13-16,23,26,31H,5-12,17-18H2,1-4H3;11-14,21,24,29H,4-10,15-16H2,1-3H3,(H,32,33);10-11,15,17H,2-9,12-13,21H2,1H3;4-5H,1-3H3;3*1H2/t23?,26-;21?,24-;15?,17-;;;;/m000..../s1. The number of pyridine rings is 3. The summed E-state index contributed by atoms with van der Waals surface area (Å²) in [5.74, 6) is -2.73. The summed E-state index contributed by atoms with van der Waals surface area (Å²) in [6.07, 6.45) is 21.4. The maximum atomic E-state index is 13.3. The summed E-state index contributed by atoms with van der Waals surface area (Å²) in [4.78, 5) is 93.4. The van der Waals surface area contributed by atoms with Gasteiger partial charge in [-0.3, -0.25) is 43.7 Å². The summed E-state index contributed by atoms with van der Waals surface area (Å²) in [5.41, 5.74) is 23.5. The Morgan fingerprint density at radius 3 is 1.07 bits per heavy atom. The van der Waals surface area contributed by atoms with Crippen molar-refractivity contribution in [3.63, 3.8) is 0 Å². The predicted octanol–water partition coefficient (Wildman–Crippen LogP) is 11.2. The number of aromatic nitrogens is 3. The quantitative estimate of drug-likeness (QED) is 0.0185. The molecule has 3 aliphatic heterocycles. The van der Waals surface area contributed by atoms with Crippen LogP contribution in [0.3, 0.4) is 0 Å². The average molecular weight is 1740 g/mol.